The molecule has 0 heterocycles. The molecule has 1 aromatic carbocycles. The predicted octanol–water partition coefficient (Wildman–Crippen LogP) is 3.57. The van der Waals surface area contributed by atoms with E-state index in [1.807, 2.05) is 0 Å². The molecule has 21 heavy (non-hydrogen) atoms. The first kappa shape index (κ1) is 19.2. The Morgan fingerprint density at radius 3 is 2.24 bits per heavy atom. The van der Waals surface area contributed by atoms with Crippen molar-refractivity contribution < 1.29 is 22.6 Å². The van der Waals surface area contributed by atoms with Gasteiger partial charge in [-0.1, -0.05) is 0 Å². The second kappa shape index (κ2) is 9.32. The van der Waals surface area contributed by atoms with E-state index in [1.165, 1.54) is 12.1 Å². The lowest BCUT2D eigenvalue weighted by atomic mass is 10.3. The molecule has 0 aromatic heterocycles. The van der Waals surface area contributed by atoms with Gasteiger partial charge in [0.2, 0.25) is 0 Å². The van der Waals surface area contributed by atoms with Gasteiger partial charge in [0, 0.05) is 31.0 Å². The fourth-order valence-electron chi connectivity index (χ4n) is 1.43. The minimum atomic E-state index is -3.78. The fourth-order valence-corrected chi connectivity index (χ4v) is 3.93. The summed E-state index contributed by atoms with van der Waals surface area (Å²) < 4.78 is 39.4. The lowest BCUT2D eigenvalue weighted by Gasteiger charge is -2.11. The Kier molecular flexibility index (Phi) is 8.51. The molecular weight excluding hydrogens is 451 g/mol. The van der Waals surface area contributed by atoms with Gasteiger partial charge < -0.3 is 14.2 Å². The highest BCUT2D eigenvalue weighted by atomic mass is 79.9. The van der Waals surface area contributed by atoms with Gasteiger partial charge in [-0.05, 0) is 50.4 Å². The van der Waals surface area contributed by atoms with Gasteiger partial charge in [0.15, 0.2) is 0 Å². The van der Waals surface area contributed by atoms with Crippen molar-refractivity contribution in [3.8, 4) is 5.75 Å². The van der Waals surface area contributed by atoms with Gasteiger partial charge >= 0.3 is 0 Å². The number of benzene rings is 1. The summed E-state index contributed by atoms with van der Waals surface area (Å²) in [5.74, 6) is 0.500. The Labute approximate surface area is 145 Å². The summed E-state index contributed by atoms with van der Waals surface area (Å²) in [6, 6.07) is 2.78. The molecule has 1 rings (SSSR count). The molecule has 120 valence electrons. The van der Waals surface area contributed by atoms with E-state index < -0.39 is 9.05 Å². The van der Waals surface area contributed by atoms with Crippen molar-refractivity contribution >= 4 is 51.6 Å². The average Bonchev–Trinajstić information content (AvgIpc) is 2.39. The lowest BCUT2D eigenvalue weighted by molar-refractivity contribution is 0.0803. The number of hydrogen-bond acceptors (Lipinski definition) is 5. The Morgan fingerprint density at radius 1 is 1.10 bits per heavy atom. The predicted molar refractivity (Wildman–Crippen MR) is 87.7 cm³/mol. The summed E-state index contributed by atoms with van der Waals surface area (Å²) in [4.78, 5) is -0.00826. The summed E-state index contributed by atoms with van der Waals surface area (Å²) in [5, 5.41) is 0. The van der Waals surface area contributed by atoms with E-state index in [1.54, 1.807) is 7.11 Å². The molecular formula is C12H15Br2ClO5S. The normalized spacial score (nSPS) is 11.6. The first-order valence-corrected chi connectivity index (χ1v) is 9.89. The van der Waals surface area contributed by atoms with Gasteiger partial charge in [-0.2, -0.15) is 0 Å². The van der Waals surface area contributed by atoms with Crippen molar-refractivity contribution in [1.82, 2.24) is 0 Å². The highest BCUT2D eigenvalue weighted by Crippen LogP contribution is 2.36. The SMILES string of the molecule is COCCCOCCOc1c(Br)cc(S(=O)(=O)Cl)cc1Br. The topological polar surface area (TPSA) is 61.8 Å². The van der Waals surface area contributed by atoms with Gasteiger partial charge in [-0.3, -0.25) is 0 Å². The first-order valence-electron chi connectivity index (χ1n) is 5.99. The largest absolute Gasteiger partial charge is 0.489 e. The number of hydrogen-bond donors (Lipinski definition) is 0. The minimum absolute atomic E-state index is 0.00826. The molecule has 0 spiro atoms. The van der Waals surface area contributed by atoms with E-state index in [2.05, 4.69) is 31.9 Å². The van der Waals surface area contributed by atoms with Crippen molar-refractivity contribution in [2.45, 2.75) is 11.3 Å². The van der Waals surface area contributed by atoms with Crippen LogP contribution >= 0.6 is 42.5 Å². The van der Waals surface area contributed by atoms with Crippen LogP contribution in [0.15, 0.2) is 26.0 Å². The zero-order chi connectivity index (χ0) is 15.9. The summed E-state index contributed by atoms with van der Waals surface area (Å²) in [7, 11) is 3.16. The highest BCUT2D eigenvalue weighted by molar-refractivity contribution is 9.11. The van der Waals surface area contributed by atoms with Crippen molar-refractivity contribution in [1.29, 1.82) is 0 Å². The molecule has 0 bridgehead atoms. The molecule has 1 aromatic rings. The molecule has 9 heteroatoms. The maximum Gasteiger partial charge on any atom is 0.261 e. The third-order valence-corrected chi connectivity index (χ3v) is 4.88. The quantitative estimate of drug-likeness (QED) is 0.411. The van der Waals surface area contributed by atoms with E-state index in [-0.39, 0.29) is 4.90 Å². The second-order valence-electron chi connectivity index (χ2n) is 3.96. The summed E-state index contributed by atoms with van der Waals surface area (Å²) in [5.41, 5.74) is 0. The van der Waals surface area contributed by atoms with Gasteiger partial charge in [0.25, 0.3) is 9.05 Å². The number of methoxy groups -OCH3 is 1. The van der Waals surface area contributed by atoms with Crippen LogP contribution in [0.25, 0.3) is 0 Å². The standard InChI is InChI=1S/C12H15Br2ClO5S/c1-18-3-2-4-19-5-6-20-12-10(13)7-9(8-11(12)14)21(15,16)17/h7-8H,2-6H2,1H3. The summed E-state index contributed by atoms with van der Waals surface area (Å²) in [6.45, 7) is 2.03. The van der Waals surface area contributed by atoms with E-state index in [9.17, 15) is 8.42 Å². The maximum absolute atomic E-state index is 11.3. The zero-order valence-electron chi connectivity index (χ0n) is 11.3. The average molecular weight is 467 g/mol. The van der Waals surface area contributed by atoms with Crippen LogP contribution in [0.2, 0.25) is 0 Å². The van der Waals surface area contributed by atoms with Crippen LogP contribution in [-0.2, 0) is 18.5 Å². The third kappa shape index (κ3) is 6.83. The molecule has 0 aliphatic carbocycles. The Balaban J connectivity index is 2.53. The monoisotopic (exact) mass is 464 g/mol. The third-order valence-electron chi connectivity index (χ3n) is 2.36. The molecule has 0 atom stereocenters. The number of halogens is 3. The fraction of sp³-hybridized carbons (Fsp3) is 0.500. The van der Waals surface area contributed by atoms with E-state index >= 15 is 0 Å². The van der Waals surface area contributed by atoms with E-state index in [0.29, 0.717) is 41.1 Å². The zero-order valence-corrected chi connectivity index (χ0v) is 16.0. The molecule has 0 aliphatic rings. The Morgan fingerprint density at radius 2 is 1.71 bits per heavy atom. The van der Waals surface area contributed by atoms with Crippen LogP contribution in [-0.4, -0.2) is 42.0 Å². The van der Waals surface area contributed by atoms with Gasteiger partial charge in [-0.25, -0.2) is 8.42 Å². The van der Waals surface area contributed by atoms with Crippen LogP contribution in [0, 0.1) is 0 Å². The molecule has 0 radical (unpaired) electrons. The highest BCUT2D eigenvalue weighted by Gasteiger charge is 2.16. The maximum atomic E-state index is 11.3. The molecule has 0 saturated carbocycles. The number of rotatable bonds is 9. The van der Waals surface area contributed by atoms with E-state index in [0.717, 1.165) is 6.42 Å². The van der Waals surface area contributed by atoms with Crippen molar-refractivity contribution in [3.05, 3.63) is 21.1 Å². The van der Waals surface area contributed by atoms with E-state index in [4.69, 9.17) is 24.9 Å². The first-order chi connectivity index (χ1) is 9.86. The molecule has 0 N–H and O–H groups in total. The van der Waals surface area contributed by atoms with Crippen molar-refractivity contribution in [3.63, 3.8) is 0 Å². The Hall–Kier alpha value is 0.140. The molecule has 0 saturated heterocycles. The minimum Gasteiger partial charge on any atom is -0.489 e. The van der Waals surface area contributed by atoms with Gasteiger partial charge in [-0.15, -0.1) is 0 Å². The molecule has 0 fully saturated rings. The molecule has 0 aliphatic heterocycles. The molecule has 5 nitrogen and oxygen atoms in total. The van der Waals surface area contributed by atoms with Crippen molar-refractivity contribution in [2.24, 2.45) is 0 Å². The molecule has 0 amide bonds. The van der Waals surface area contributed by atoms with Gasteiger partial charge in [0.05, 0.1) is 20.4 Å². The lowest BCUT2D eigenvalue weighted by Crippen LogP contribution is -2.09. The van der Waals surface area contributed by atoms with Crippen LogP contribution in [0.5, 0.6) is 5.75 Å². The van der Waals surface area contributed by atoms with Crippen molar-refractivity contribution in [2.75, 3.05) is 33.5 Å². The van der Waals surface area contributed by atoms with Gasteiger partial charge in [0.1, 0.15) is 12.4 Å². The summed E-state index contributed by atoms with van der Waals surface area (Å²) in [6.07, 6.45) is 0.826. The smallest absolute Gasteiger partial charge is 0.261 e. The van der Waals surface area contributed by atoms with Crippen LogP contribution in [0.4, 0.5) is 0 Å². The second-order valence-corrected chi connectivity index (χ2v) is 8.24. The van der Waals surface area contributed by atoms with Crippen LogP contribution < -0.4 is 4.74 Å². The number of ether oxygens (including phenoxy) is 3. The molecule has 0 unspecified atom stereocenters. The Bertz CT molecular complexity index is 542. The summed E-state index contributed by atoms with van der Waals surface area (Å²) >= 11 is 6.52. The van der Waals surface area contributed by atoms with Crippen LogP contribution in [0.3, 0.4) is 0 Å². The van der Waals surface area contributed by atoms with Crippen LogP contribution in [0.1, 0.15) is 6.42 Å².